The van der Waals surface area contributed by atoms with Gasteiger partial charge in [0.05, 0.1) is 31.5 Å². The maximum Gasteiger partial charge on any atom is 0.344 e. The van der Waals surface area contributed by atoms with E-state index in [4.69, 9.17) is 23.7 Å². The normalized spacial score (nSPS) is 9.58. The number of phenolic OH excluding ortho intramolecular Hbond substituents is 2. The fourth-order valence-electron chi connectivity index (χ4n) is 6.85. The van der Waals surface area contributed by atoms with Gasteiger partial charge in [0, 0.05) is 30.5 Å². The summed E-state index contributed by atoms with van der Waals surface area (Å²) in [6.07, 6.45) is 17.9. The van der Waals surface area contributed by atoms with Crippen LogP contribution in [0.5, 0.6) is 28.7 Å². The van der Waals surface area contributed by atoms with Gasteiger partial charge >= 0.3 is 11.9 Å². The molecular weight excluding hydrogens is 927 g/mol. The van der Waals surface area contributed by atoms with Crippen LogP contribution in [0.15, 0.2) is 60.7 Å². The zero-order valence-corrected chi connectivity index (χ0v) is 37.7. The molecule has 0 aliphatic heterocycles. The van der Waals surface area contributed by atoms with Crippen LogP contribution in [0.3, 0.4) is 0 Å². The standard InChI is InChI=1S/C50H65N3O11.9CH4/c1-36(54)20-16-12-8-9-13-17-21-46(58)61-30-18-14-10-6-4-5-7-11-15-19-31-62-47(59)35-64-41-27-29-43(45(57)33-41)50-52-48(38-22-24-39(60-3)25-23-38)51-49(53-50)42-28-26-40(32-44(42)56)63-34-37(2)55;;;;;;;;;/h22-29,32-33,56-57H,4-21,30-31,34-35H2,1-3H3;9*1H4. The lowest BCUT2D eigenvalue weighted by molar-refractivity contribution is -0.146. The average molecular weight is 1030 g/mol. The Morgan fingerprint density at radius 3 is 1.21 bits per heavy atom. The molecule has 0 atom stereocenters. The van der Waals surface area contributed by atoms with Crippen molar-refractivity contribution in [1.29, 1.82) is 0 Å². The lowest BCUT2D eigenvalue weighted by atomic mass is 10.1. The molecule has 4 aromatic rings. The monoisotopic (exact) mass is 1030 g/mol. The molecule has 0 spiro atoms. The number of carbonyl (C=O) groups excluding carboxylic acids is 4. The van der Waals surface area contributed by atoms with Crippen molar-refractivity contribution in [3.63, 3.8) is 0 Å². The van der Waals surface area contributed by atoms with E-state index in [0.717, 1.165) is 83.5 Å². The fraction of sp³-hybridized carbons (Fsp3) is 0.576. The Hall–Kier alpha value is -6.05. The molecule has 14 heteroatoms. The predicted octanol–water partition coefficient (Wildman–Crippen LogP) is 16.1. The number of methoxy groups -OCH3 is 1. The smallest absolute Gasteiger partial charge is 0.344 e. The number of unbranched alkanes of at least 4 members (excludes halogenated alkanes) is 14. The van der Waals surface area contributed by atoms with Crippen LogP contribution >= 0.6 is 0 Å². The number of nitrogens with zero attached hydrogens (tertiary/aromatic N) is 3. The quantitative estimate of drug-likeness (QED) is 0.0346. The number of phenols is 2. The Balaban J connectivity index is -0.00000125. The number of esters is 2. The van der Waals surface area contributed by atoms with Gasteiger partial charge in [0.25, 0.3) is 0 Å². The number of aromatic nitrogens is 3. The van der Waals surface area contributed by atoms with E-state index < -0.39 is 5.97 Å². The average Bonchev–Trinajstić information content (AvgIpc) is 3.28. The molecule has 0 aliphatic carbocycles. The molecule has 0 radical (unpaired) electrons. The first kappa shape index (κ1) is 78.4. The van der Waals surface area contributed by atoms with Crippen LogP contribution < -0.4 is 14.2 Å². The van der Waals surface area contributed by atoms with E-state index in [1.165, 1.54) is 38.3 Å². The summed E-state index contributed by atoms with van der Waals surface area (Å²) in [5.74, 6) is 0.810. The Labute approximate surface area is 443 Å². The van der Waals surface area contributed by atoms with Gasteiger partial charge in [-0.25, -0.2) is 19.7 Å². The molecule has 14 nitrogen and oxygen atoms in total. The summed E-state index contributed by atoms with van der Waals surface area (Å²) in [5.41, 5.74) is 1.17. The number of carbonyl (C=O) groups is 4. The van der Waals surface area contributed by atoms with E-state index in [1.54, 1.807) is 62.6 Å². The summed E-state index contributed by atoms with van der Waals surface area (Å²) < 4.78 is 27.1. The molecule has 0 amide bonds. The number of hydrogen-bond acceptors (Lipinski definition) is 14. The van der Waals surface area contributed by atoms with E-state index in [1.807, 2.05) is 0 Å². The van der Waals surface area contributed by atoms with Gasteiger partial charge < -0.3 is 38.7 Å². The zero-order valence-electron chi connectivity index (χ0n) is 37.7. The minimum Gasteiger partial charge on any atom is -0.507 e. The Morgan fingerprint density at radius 1 is 0.425 bits per heavy atom. The molecule has 2 N–H and O–H groups in total. The third-order valence-electron chi connectivity index (χ3n) is 10.4. The van der Waals surface area contributed by atoms with Crippen LogP contribution in [0.25, 0.3) is 34.2 Å². The molecule has 4 rings (SSSR count). The van der Waals surface area contributed by atoms with Crippen LogP contribution in [0.4, 0.5) is 0 Å². The van der Waals surface area contributed by atoms with Gasteiger partial charge in [0.2, 0.25) is 0 Å². The number of ketones is 2. The van der Waals surface area contributed by atoms with Crippen molar-refractivity contribution in [2.45, 2.75) is 196 Å². The second kappa shape index (κ2) is 44.6. The minimum atomic E-state index is -0.508. The first-order chi connectivity index (χ1) is 31.0. The Kier molecular flexibility index (Phi) is 47.9. The van der Waals surface area contributed by atoms with Gasteiger partial charge in [0.1, 0.15) is 41.1 Å². The van der Waals surface area contributed by atoms with Crippen molar-refractivity contribution in [3.8, 4) is 62.9 Å². The Morgan fingerprint density at radius 2 is 0.795 bits per heavy atom. The maximum absolute atomic E-state index is 12.4. The summed E-state index contributed by atoms with van der Waals surface area (Å²) in [4.78, 5) is 60.5. The van der Waals surface area contributed by atoms with Gasteiger partial charge in [-0.05, 0) is 88.1 Å². The molecule has 0 bridgehead atoms. The van der Waals surface area contributed by atoms with Crippen LogP contribution in [-0.2, 0) is 28.7 Å². The highest BCUT2D eigenvalue weighted by atomic mass is 16.6. The second-order valence-corrected chi connectivity index (χ2v) is 16.0. The highest BCUT2D eigenvalue weighted by Gasteiger charge is 2.18. The molecule has 73 heavy (non-hydrogen) atoms. The van der Waals surface area contributed by atoms with Gasteiger partial charge in [-0.15, -0.1) is 0 Å². The highest BCUT2D eigenvalue weighted by Crippen LogP contribution is 2.36. The van der Waals surface area contributed by atoms with E-state index in [-0.39, 0.29) is 143 Å². The number of rotatable bonds is 32. The number of ether oxygens (including phenoxy) is 5. The van der Waals surface area contributed by atoms with E-state index in [0.29, 0.717) is 43.1 Å². The first-order valence-corrected chi connectivity index (χ1v) is 22.7. The van der Waals surface area contributed by atoms with Gasteiger partial charge in [-0.1, -0.05) is 144 Å². The van der Waals surface area contributed by atoms with Crippen LogP contribution in [0.2, 0.25) is 0 Å². The predicted molar refractivity (Wildman–Crippen MR) is 304 cm³/mol. The van der Waals surface area contributed by atoms with Crippen molar-refractivity contribution in [1.82, 2.24) is 15.0 Å². The second-order valence-electron chi connectivity index (χ2n) is 16.0. The summed E-state index contributed by atoms with van der Waals surface area (Å²) in [6, 6.07) is 16.1. The van der Waals surface area contributed by atoms with Crippen molar-refractivity contribution in [3.05, 3.63) is 60.7 Å². The summed E-state index contributed by atoms with van der Waals surface area (Å²) in [5, 5.41) is 22.0. The fourth-order valence-corrected chi connectivity index (χ4v) is 6.85. The van der Waals surface area contributed by atoms with Crippen molar-refractivity contribution in [2.75, 3.05) is 33.5 Å². The molecular formula is C59H101N3O11. The van der Waals surface area contributed by atoms with E-state index in [2.05, 4.69) is 15.0 Å². The Bertz CT molecular complexity index is 2080. The summed E-state index contributed by atoms with van der Waals surface area (Å²) in [7, 11) is 1.56. The molecule has 1 heterocycles. The number of hydrogen-bond donors (Lipinski definition) is 2. The van der Waals surface area contributed by atoms with Gasteiger partial charge in [-0.3, -0.25) is 9.59 Å². The van der Waals surface area contributed by atoms with E-state index >= 15 is 0 Å². The highest BCUT2D eigenvalue weighted by molar-refractivity contribution is 5.77. The lowest BCUT2D eigenvalue weighted by Gasteiger charge is -2.12. The molecule has 1 aromatic heterocycles. The zero-order chi connectivity index (χ0) is 45.9. The van der Waals surface area contributed by atoms with Crippen LogP contribution in [0.1, 0.15) is 196 Å². The maximum atomic E-state index is 12.4. The number of Topliss-reactive ketones (excluding diaryl/α,β-unsaturated/α-hetero) is 2. The molecule has 0 unspecified atom stereocenters. The molecule has 0 saturated heterocycles. The van der Waals surface area contributed by atoms with E-state index in [9.17, 15) is 29.4 Å². The molecule has 418 valence electrons. The van der Waals surface area contributed by atoms with Crippen molar-refractivity contribution >= 4 is 23.5 Å². The molecule has 0 aliphatic rings. The number of benzene rings is 3. The third kappa shape index (κ3) is 30.6. The minimum absolute atomic E-state index is 0. The van der Waals surface area contributed by atoms with Crippen LogP contribution in [-0.4, -0.2) is 82.2 Å². The summed E-state index contributed by atoms with van der Waals surface area (Å²) >= 11 is 0. The number of aromatic hydroxyl groups is 2. The SMILES string of the molecule is C.C.C.C.C.C.C.C.C.COc1ccc(-c2nc(-c3ccc(OCC(C)=O)cc3O)nc(-c3ccc(OCC(=O)OCCCCCCCCCCCCOC(=O)CCCCCCCCC(C)=O)cc3O)n2)cc1. The first-order valence-electron chi connectivity index (χ1n) is 22.7. The topological polar surface area (TPSA) is 194 Å². The third-order valence-corrected chi connectivity index (χ3v) is 10.4. The van der Waals surface area contributed by atoms with Crippen LogP contribution in [0, 0.1) is 0 Å². The molecule has 0 fully saturated rings. The van der Waals surface area contributed by atoms with Crippen molar-refractivity contribution in [2.24, 2.45) is 0 Å². The lowest BCUT2D eigenvalue weighted by Crippen LogP contribution is -2.15. The largest absolute Gasteiger partial charge is 0.507 e. The van der Waals surface area contributed by atoms with Gasteiger partial charge in [0.15, 0.2) is 29.9 Å². The van der Waals surface area contributed by atoms with Crippen molar-refractivity contribution < 1.29 is 53.1 Å². The summed E-state index contributed by atoms with van der Waals surface area (Å²) in [6.45, 7) is 3.38. The molecule has 0 saturated carbocycles. The molecule has 3 aromatic carbocycles. The van der Waals surface area contributed by atoms with Gasteiger partial charge in [-0.2, -0.15) is 0 Å².